The van der Waals surface area contributed by atoms with Gasteiger partial charge in [0.25, 0.3) is 0 Å². The van der Waals surface area contributed by atoms with E-state index in [1.54, 1.807) is 0 Å². The Labute approximate surface area is 131 Å². The van der Waals surface area contributed by atoms with Gasteiger partial charge in [-0.1, -0.05) is 30.3 Å². The molecule has 3 unspecified atom stereocenters. The van der Waals surface area contributed by atoms with Crippen LogP contribution in [0.2, 0.25) is 0 Å². The van der Waals surface area contributed by atoms with Crippen LogP contribution in [0.25, 0.3) is 0 Å². The van der Waals surface area contributed by atoms with Crippen LogP contribution >= 0.6 is 11.8 Å². The van der Waals surface area contributed by atoms with Crippen molar-refractivity contribution in [2.75, 3.05) is 12.3 Å². The van der Waals surface area contributed by atoms with E-state index in [1.807, 2.05) is 17.8 Å². The number of aryl methyl sites for hydroxylation is 1. The van der Waals surface area contributed by atoms with Gasteiger partial charge in [-0.3, -0.25) is 10.1 Å². The van der Waals surface area contributed by atoms with E-state index in [1.165, 1.54) is 24.2 Å². The first kappa shape index (κ1) is 14.9. The maximum absolute atomic E-state index is 12.6. The van der Waals surface area contributed by atoms with Crippen LogP contribution in [0.4, 0.5) is 0 Å². The number of nitrogens with zero attached hydrogens (tertiary/aromatic N) is 1. The Morgan fingerprint density at radius 2 is 2.14 bits per heavy atom. The molecule has 1 amide bonds. The minimum absolute atomic E-state index is 0.00777. The first-order valence-corrected chi connectivity index (χ1v) is 9.01. The van der Waals surface area contributed by atoms with Gasteiger partial charge in [0.1, 0.15) is 0 Å². The summed E-state index contributed by atoms with van der Waals surface area (Å²) in [6.07, 6.45) is 4.59. The SMILES string of the molecule is CC1NC(CCc2ccccc2)C(=O)N1CC1CCCS1. The van der Waals surface area contributed by atoms with Crippen LogP contribution < -0.4 is 5.32 Å². The van der Waals surface area contributed by atoms with Gasteiger partial charge in [0.15, 0.2) is 0 Å². The van der Waals surface area contributed by atoms with Crippen molar-refractivity contribution in [1.29, 1.82) is 0 Å². The zero-order valence-electron chi connectivity index (χ0n) is 12.6. The van der Waals surface area contributed by atoms with Crippen LogP contribution in [0, 0.1) is 0 Å². The zero-order chi connectivity index (χ0) is 14.7. The standard InChI is InChI=1S/C17H24N2OS/c1-13-18-16(10-9-14-6-3-2-4-7-14)17(20)19(13)12-15-8-5-11-21-15/h2-4,6-7,13,15-16,18H,5,8-12H2,1H3. The maximum Gasteiger partial charge on any atom is 0.241 e. The van der Waals surface area contributed by atoms with Gasteiger partial charge in [-0.2, -0.15) is 11.8 Å². The number of amides is 1. The van der Waals surface area contributed by atoms with Gasteiger partial charge in [0, 0.05) is 11.8 Å². The summed E-state index contributed by atoms with van der Waals surface area (Å²) in [5, 5.41) is 4.11. The Hall–Kier alpha value is -1.00. The summed E-state index contributed by atoms with van der Waals surface area (Å²) in [4.78, 5) is 14.6. The molecule has 0 spiro atoms. The molecule has 4 heteroatoms. The molecule has 1 N–H and O–H groups in total. The van der Waals surface area contributed by atoms with E-state index in [0.717, 1.165) is 19.4 Å². The predicted octanol–water partition coefficient (Wildman–Crippen LogP) is 2.66. The van der Waals surface area contributed by atoms with E-state index in [4.69, 9.17) is 0 Å². The van der Waals surface area contributed by atoms with E-state index in [2.05, 4.69) is 41.4 Å². The van der Waals surface area contributed by atoms with Crippen molar-refractivity contribution in [3.63, 3.8) is 0 Å². The van der Waals surface area contributed by atoms with Crippen molar-refractivity contribution < 1.29 is 4.79 Å². The summed E-state index contributed by atoms with van der Waals surface area (Å²) >= 11 is 2.02. The van der Waals surface area contributed by atoms with Gasteiger partial charge >= 0.3 is 0 Å². The Morgan fingerprint density at radius 3 is 2.86 bits per heavy atom. The Morgan fingerprint density at radius 1 is 1.33 bits per heavy atom. The van der Waals surface area contributed by atoms with Crippen molar-refractivity contribution in [3.05, 3.63) is 35.9 Å². The number of hydrogen-bond donors (Lipinski definition) is 1. The van der Waals surface area contributed by atoms with Gasteiger partial charge in [0.2, 0.25) is 5.91 Å². The molecule has 3 atom stereocenters. The largest absolute Gasteiger partial charge is 0.325 e. The lowest BCUT2D eigenvalue weighted by Crippen LogP contribution is -2.38. The molecule has 0 aliphatic carbocycles. The highest BCUT2D eigenvalue weighted by atomic mass is 32.2. The van der Waals surface area contributed by atoms with Gasteiger partial charge in [0.05, 0.1) is 12.2 Å². The molecule has 2 fully saturated rings. The molecule has 0 aromatic heterocycles. The minimum Gasteiger partial charge on any atom is -0.325 e. The summed E-state index contributed by atoms with van der Waals surface area (Å²) in [6.45, 7) is 3.03. The maximum atomic E-state index is 12.6. The van der Waals surface area contributed by atoms with Crippen LogP contribution in [0.3, 0.4) is 0 Å². The average molecular weight is 304 g/mol. The normalized spacial score (nSPS) is 29.3. The Kier molecular flexibility index (Phi) is 4.86. The minimum atomic E-state index is -0.00777. The van der Waals surface area contributed by atoms with Crippen LogP contribution in [0.1, 0.15) is 31.7 Å². The first-order chi connectivity index (χ1) is 10.2. The number of carbonyl (C=O) groups is 1. The lowest BCUT2D eigenvalue weighted by atomic mass is 10.1. The van der Waals surface area contributed by atoms with E-state index < -0.39 is 0 Å². The fourth-order valence-electron chi connectivity index (χ4n) is 3.26. The third kappa shape index (κ3) is 3.61. The Bertz CT molecular complexity index is 473. The monoisotopic (exact) mass is 304 g/mol. The third-order valence-electron chi connectivity index (χ3n) is 4.48. The average Bonchev–Trinajstić information content (AvgIpc) is 3.10. The molecule has 2 heterocycles. The van der Waals surface area contributed by atoms with Crippen LogP contribution in [-0.4, -0.2) is 40.6 Å². The number of hydrogen-bond acceptors (Lipinski definition) is 3. The smallest absolute Gasteiger partial charge is 0.241 e. The molecule has 3 nitrogen and oxygen atoms in total. The molecule has 2 aliphatic rings. The van der Waals surface area contributed by atoms with Gasteiger partial charge in [-0.05, 0) is 43.9 Å². The molecular formula is C17H24N2OS. The van der Waals surface area contributed by atoms with Crippen LogP contribution in [-0.2, 0) is 11.2 Å². The summed E-state index contributed by atoms with van der Waals surface area (Å²) in [7, 11) is 0. The summed E-state index contributed by atoms with van der Waals surface area (Å²) < 4.78 is 0. The summed E-state index contributed by atoms with van der Waals surface area (Å²) in [6, 6.07) is 10.4. The summed E-state index contributed by atoms with van der Waals surface area (Å²) in [5.74, 6) is 1.55. The molecule has 0 saturated carbocycles. The van der Waals surface area contributed by atoms with Crippen LogP contribution in [0.5, 0.6) is 0 Å². The number of rotatable bonds is 5. The molecule has 0 radical (unpaired) electrons. The van der Waals surface area contributed by atoms with Gasteiger partial charge in [-0.15, -0.1) is 0 Å². The lowest BCUT2D eigenvalue weighted by molar-refractivity contribution is -0.129. The highest BCUT2D eigenvalue weighted by Gasteiger charge is 2.37. The molecule has 2 saturated heterocycles. The van der Waals surface area contributed by atoms with Crippen molar-refractivity contribution in [3.8, 4) is 0 Å². The lowest BCUT2D eigenvalue weighted by Gasteiger charge is -2.23. The van der Waals surface area contributed by atoms with Crippen molar-refractivity contribution in [2.24, 2.45) is 0 Å². The molecule has 0 bridgehead atoms. The number of benzene rings is 1. The zero-order valence-corrected chi connectivity index (χ0v) is 13.4. The number of nitrogens with one attached hydrogen (secondary N) is 1. The molecule has 1 aromatic rings. The molecule has 2 aliphatic heterocycles. The van der Waals surface area contributed by atoms with E-state index >= 15 is 0 Å². The third-order valence-corrected chi connectivity index (χ3v) is 5.86. The highest BCUT2D eigenvalue weighted by molar-refractivity contribution is 8.00. The number of carbonyl (C=O) groups excluding carboxylic acids is 1. The van der Waals surface area contributed by atoms with E-state index in [9.17, 15) is 4.79 Å². The topological polar surface area (TPSA) is 32.3 Å². The highest BCUT2D eigenvalue weighted by Crippen LogP contribution is 2.28. The van der Waals surface area contributed by atoms with E-state index in [0.29, 0.717) is 11.2 Å². The molecule has 1 aromatic carbocycles. The number of thioether (sulfide) groups is 1. The second-order valence-electron chi connectivity index (χ2n) is 6.05. The molecule has 3 rings (SSSR count). The molecule has 114 valence electrons. The fourth-order valence-corrected chi connectivity index (χ4v) is 4.53. The van der Waals surface area contributed by atoms with Crippen molar-refractivity contribution in [1.82, 2.24) is 10.2 Å². The van der Waals surface area contributed by atoms with Crippen molar-refractivity contribution in [2.45, 2.75) is 50.1 Å². The Balaban J connectivity index is 1.54. The van der Waals surface area contributed by atoms with E-state index in [-0.39, 0.29) is 12.2 Å². The molecule has 21 heavy (non-hydrogen) atoms. The first-order valence-electron chi connectivity index (χ1n) is 7.96. The second kappa shape index (κ2) is 6.84. The fraction of sp³-hybridized carbons (Fsp3) is 0.588. The molecular weight excluding hydrogens is 280 g/mol. The van der Waals surface area contributed by atoms with Gasteiger partial charge < -0.3 is 4.90 Å². The quantitative estimate of drug-likeness (QED) is 0.908. The second-order valence-corrected chi connectivity index (χ2v) is 7.45. The van der Waals surface area contributed by atoms with Gasteiger partial charge in [-0.25, -0.2) is 0 Å². The summed E-state index contributed by atoms with van der Waals surface area (Å²) in [5.41, 5.74) is 1.31. The van der Waals surface area contributed by atoms with Crippen molar-refractivity contribution >= 4 is 17.7 Å². The predicted molar refractivity (Wildman–Crippen MR) is 88.3 cm³/mol. The van der Waals surface area contributed by atoms with Crippen LogP contribution in [0.15, 0.2) is 30.3 Å².